The third-order valence-corrected chi connectivity index (χ3v) is 3.49. The van der Waals surface area contributed by atoms with Crippen LogP contribution in [0.1, 0.15) is 39.0 Å². The first-order valence-corrected chi connectivity index (χ1v) is 6.87. The number of nitrogens with zero attached hydrogens (tertiary/aromatic N) is 1. The Morgan fingerprint density at radius 1 is 1.41 bits per heavy atom. The van der Waals surface area contributed by atoms with Gasteiger partial charge in [0.2, 0.25) is 0 Å². The number of rotatable bonds is 9. The lowest BCUT2D eigenvalue weighted by Gasteiger charge is -2.13. The maximum Gasteiger partial charge on any atom is 0.303 e. The van der Waals surface area contributed by atoms with Gasteiger partial charge in [-0.2, -0.15) is 0 Å². The van der Waals surface area contributed by atoms with Gasteiger partial charge < -0.3 is 15.3 Å². The summed E-state index contributed by atoms with van der Waals surface area (Å²) in [5, 5.41) is 12.0. The van der Waals surface area contributed by atoms with Crippen LogP contribution in [0.3, 0.4) is 0 Å². The van der Waals surface area contributed by atoms with E-state index < -0.39 is 5.97 Å². The Bertz CT molecular complexity index is 221. The van der Waals surface area contributed by atoms with Gasteiger partial charge in [0.15, 0.2) is 0 Å². The summed E-state index contributed by atoms with van der Waals surface area (Å²) in [6.07, 6.45) is 4.56. The largest absolute Gasteiger partial charge is 0.481 e. The fourth-order valence-electron chi connectivity index (χ4n) is 2.38. The molecule has 0 amide bonds. The third-order valence-electron chi connectivity index (χ3n) is 3.49. The van der Waals surface area contributed by atoms with Crippen LogP contribution in [0.15, 0.2) is 0 Å². The van der Waals surface area contributed by atoms with Crippen molar-refractivity contribution in [2.24, 2.45) is 5.92 Å². The summed E-state index contributed by atoms with van der Waals surface area (Å²) >= 11 is 0. The highest BCUT2D eigenvalue weighted by Gasteiger charge is 2.20. The van der Waals surface area contributed by atoms with Crippen molar-refractivity contribution in [2.45, 2.75) is 39.0 Å². The number of hydrogen-bond acceptors (Lipinski definition) is 3. The van der Waals surface area contributed by atoms with Crippen LogP contribution < -0.4 is 5.32 Å². The number of unbranched alkanes of at least 4 members (excludes halogenated alkanes) is 2. The van der Waals surface area contributed by atoms with Crippen LogP contribution in [-0.2, 0) is 4.79 Å². The lowest BCUT2D eigenvalue weighted by molar-refractivity contribution is -0.137. The third kappa shape index (κ3) is 6.64. The van der Waals surface area contributed by atoms with Crippen LogP contribution in [0.2, 0.25) is 0 Å². The van der Waals surface area contributed by atoms with Crippen molar-refractivity contribution in [1.82, 2.24) is 10.2 Å². The molecule has 0 aromatic rings. The molecule has 0 aliphatic carbocycles. The van der Waals surface area contributed by atoms with Crippen LogP contribution in [0.25, 0.3) is 0 Å². The minimum atomic E-state index is -0.677. The molecule has 1 aliphatic heterocycles. The molecular weight excluding hydrogens is 216 g/mol. The first-order chi connectivity index (χ1) is 8.22. The fourth-order valence-corrected chi connectivity index (χ4v) is 2.38. The first-order valence-electron chi connectivity index (χ1n) is 6.87. The van der Waals surface area contributed by atoms with Crippen LogP contribution >= 0.6 is 0 Å². The van der Waals surface area contributed by atoms with Crippen molar-refractivity contribution in [1.29, 1.82) is 0 Å². The molecule has 2 N–H and O–H groups in total. The molecule has 1 rings (SSSR count). The molecule has 4 heteroatoms. The van der Waals surface area contributed by atoms with Gasteiger partial charge in [-0.3, -0.25) is 4.79 Å². The predicted octanol–water partition coefficient (Wildman–Crippen LogP) is 1.56. The molecule has 0 spiro atoms. The number of hydrogen-bond donors (Lipinski definition) is 2. The van der Waals surface area contributed by atoms with Gasteiger partial charge >= 0.3 is 5.97 Å². The molecule has 0 bridgehead atoms. The van der Waals surface area contributed by atoms with Crippen LogP contribution in [-0.4, -0.2) is 48.7 Å². The van der Waals surface area contributed by atoms with E-state index in [1.54, 1.807) is 0 Å². The molecule has 0 aromatic carbocycles. The number of carbonyl (C=O) groups is 1. The van der Waals surface area contributed by atoms with Crippen molar-refractivity contribution in [3.05, 3.63) is 0 Å². The van der Waals surface area contributed by atoms with E-state index in [4.69, 9.17) is 5.11 Å². The van der Waals surface area contributed by atoms with Gasteiger partial charge in [0.25, 0.3) is 0 Å². The highest BCUT2D eigenvalue weighted by molar-refractivity contribution is 5.66. The SMILES string of the molecule is CCN1CCC(CNCCCCCC(=O)O)C1. The molecule has 0 aromatic heterocycles. The highest BCUT2D eigenvalue weighted by Crippen LogP contribution is 2.14. The van der Waals surface area contributed by atoms with Crippen molar-refractivity contribution >= 4 is 5.97 Å². The number of nitrogens with one attached hydrogen (secondary N) is 1. The smallest absolute Gasteiger partial charge is 0.303 e. The van der Waals surface area contributed by atoms with Gasteiger partial charge in [-0.15, -0.1) is 0 Å². The standard InChI is InChI=1S/C13H26N2O2/c1-2-15-9-7-12(11-15)10-14-8-5-3-4-6-13(16)17/h12,14H,2-11H2,1H3,(H,16,17). The normalized spacial score (nSPS) is 20.9. The number of likely N-dealkylation sites (tertiary alicyclic amines) is 1. The van der Waals surface area contributed by atoms with E-state index in [0.29, 0.717) is 6.42 Å². The average molecular weight is 242 g/mol. The number of carboxylic acid groups (broad SMARTS) is 1. The molecule has 1 aliphatic rings. The predicted molar refractivity (Wildman–Crippen MR) is 69.2 cm³/mol. The van der Waals surface area contributed by atoms with E-state index in [9.17, 15) is 4.79 Å². The van der Waals surface area contributed by atoms with E-state index in [-0.39, 0.29) is 0 Å². The van der Waals surface area contributed by atoms with Gasteiger partial charge in [0.05, 0.1) is 0 Å². The summed E-state index contributed by atoms with van der Waals surface area (Å²) in [5.41, 5.74) is 0. The zero-order valence-corrected chi connectivity index (χ0v) is 11.0. The molecular formula is C13H26N2O2. The van der Waals surface area contributed by atoms with Crippen molar-refractivity contribution < 1.29 is 9.90 Å². The summed E-state index contributed by atoms with van der Waals surface area (Å²) in [7, 11) is 0. The quantitative estimate of drug-likeness (QED) is 0.603. The average Bonchev–Trinajstić information content (AvgIpc) is 2.75. The summed E-state index contributed by atoms with van der Waals surface area (Å²) in [6, 6.07) is 0. The van der Waals surface area contributed by atoms with Crippen molar-refractivity contribution in [3.8, 4) is 0 Å². The Hall–Kier alpha value is -0.610. The van der Waals surface area contributed by atoms with E-state index in [1.807, 2.05) is 0 Å². The lowest BCUT2D eigenvalue weighted by Crippen LogP contribution is -2.27. The molecule has 1 saturated heterocycles. The zero-order valence-electron chi connectivity index (χ0n) is 11.0. The zero-order chi connectivity index (χ0) is 12.5. The second-order valence-electron chi connectivity index (χ2n) is 4.96. The molecule has 1 atom stereocenters. The molecule has 1 heterocycles. The minimum Gasteiger partial charge on any atom is -0.481 e. The molecule has 17 heavy (non-hydrogen) atoms. The van der Waals surface area contributed by atoms with Crippen LogP contribution in [0, 0.1) is 5.92 Å². The topological polar surface area (TPSA) is 52.6 Å². The molecule has 4 nitrogen and oxygen atoms in total. The monoisotopic (exact) mass is 242 g/mol. The molecule has 0 radical (unpaired) electrons. The summed E-state index contributed by atoms with van der Waals surface area (Å²) in [5.74, 6) is 0.137. The Balaban J connectivity index is 1.86. The van der Waals surface area contributed by atoms with Crippen LogP contribution in [0.4, 0.5) is 0 Å². The van der Waals surface area contributed by atoms with Crippen molar-refractivity contribution in [3.63, 3.8) is 0 Å². The maximum absolute atomic E-state index is 10.3. The second kappa shape index (κ2) is 8.48. The minimum absolute atomic E-state index is 0.314. The Labute approximate surface area is 104 Å². The lowest BCUT2D eigenvalue weighted by atomic mass is 10.1. The Kier molecular flexibility index (Phi) is 7.21. The van der Waals surface area contributed by atoms with Gasteiger partial charge in [0, 0.05) is 13.0 Å². The van der Waals surface area contributed by atoms with Gasteiger partial charge in [-0.05, 0) is 51.4 Å². The van der Waals surface area contributed by atoms with E-state index in [0.717, 1.165) is 38.3 Å². The second-order valence-corrected chi connectivity index (χ2v) is 4.96. The number of aliphatic carboxylic acids is 1. The van der Waals surface area contributed by atoms with Crippen molar-refractivity contribution in [2.75, 3.05) is 32.7 Å². The highest BCUT2D eigenvalue weighted by atomic mass is 16.4. The molecule has 100 valence electrons. The van der Waals surface area contributed by atoms with Gasteiger partial charge in [0.1, 0.15) is 0 Å². The fraction of sp³-hybridized carbons (Fsp3) is 0.923. The van der Waals surface area contributed by atoms with Gasteiger partial charge in [-0.25, -0.2) is 0 Å². The van der Waals surface area contributed by atoms with E-state index >= 15 is 0 Å². The van der Waals surface area contributed by atoms with Gasteiger partial charge in [-0.1, -0.05) is 13.3 Å². The Morgan fingerprint density at radius 3 is 2.88 bits per heavy atom. The molecule has 1 unspecified atom stereocenters. The Morgan fingerprint density at radius 2 is 2.24 bits per heavy atom. The van der Waals surface area contributed by atoms with Crippen LogP contribution in [0.5, 0.6) is 0 Å². The first kappa shape index (κ1) is 14.5. The summed E-state index contributed by atoms with van der Waals surface area (Å²) in [6.45, 7) is 8.03. The maximum atomic E-state index is 10.3. The molecule has 1 fully saturated rings. The molecule has 0 saturated carbocycles. The summed E-state index contributed by atoms with van der Waals surface area (Å²) in [4.78, 5) is 12.8. The van der Waals surface area contributed by atoms with E-state index in [1.165, 1.54) is 26.1 Å². The number of carboxylic acids is 1. The summed E-state index contributed by atoms with van der Waals surface area (Å²) < 4.78 is 0. The van der Waals surface area contributed by atoms with E-state index in [2.05, 4.69) is 17.1 Å².